The minimum atomic E-state index is -0.612. The van der Waals surface area contributed by atoms with Crippen molar-refractivity contribution in [2.45, 2.75) is 58.9 Å². The van der Waals surface area contributed by atoms with Gasteiger partial charge in [-0.25, -0.2) is 9.79 Å². The van der Waals surface area contributed by atoms with Crippen LogP contribution in [-0.2, 0) is 9.53 Å². The Balaban J connectivity index is 1.60. The number of ether oxygens (including phenoxy) is 1. The summed E-state index contributed by atoms with van der Waals surface area (Å²) in [6, 6.07) is 11.4. The van der Waals surface area contributed by atoms with Crippen molar-refractivity contribution in [3.05, 3.63) is 84.2 Å². The van der Waals surface area contributed by atoms with E-state index in [1.165, 1.54) is 23.3 Å². The Bertz CT molecular complexity index is 1500. The highest BCUT2D eigenvalue weighted by atomic mass is 32.1. The van der Waals surface area contributed by atoms with E-state index in [9.17, 15) is 9.59 Å². The largest absolute Gasteiger partial charge is 0.463 e. The number of aromatic nitrogens is 1. The van der Waals surface area contributed by atoms with Gasteiger partial charge in [0.25, 0.3) is 5.56 Å². The highest BCUT2D eigenvalue weighted by molar-refractivity contribution is 7.07. The lowest BCUT2D eigenvalue weighted by Crippen LogP contribution is -2.39. The van der Waals surface area contributed by atoms with Gasteiger partial charge in [-0.2, -0.15) is 0 Å². The van der Waals surface area contributed by atoms with Gasteiger partial charge in [0.15, 0.2) is 10.7 Å². The Morgan fingerprint density at radius 1 is 1.16 bits per heavy atom. The maximum absolute atomic E-state index is 13.8. The molecule has 7 nitrogen and oxygen atoms in total. The minimum absolute atomic E-state index is 0.202. The molecule has 37 heavy (non-hydrogen) atoms. The highest BCUT2D eigenvalue weighted by Crippen LogP contribution is 2.31. The molecule has 0 N–H and O–H groups in total. The summed E-state index contributed by atoms with van der Waals surface area (Å²) in [6.07, 6.45) is 5.35. The summed E-state index contributed by atoms with van der Waals surface area (Å²) in [4.78, 5) is 34.3. The summed E-state index contributed by atoms with van der Waals surface area (Å²) in [5, 5.41) is 0. The molecule has 3 aromatic rings. The lowest BCUT2D eigenvalue weighted by atomic mass is 9.93. The number of carbonyl (C=O) groups excluding carboxylic acids is 1. The van der Waals surface area contributed by atoms with Crippen LogP contribution in [0.25, 0.3) is 6.08 Å². The second-order valence-electron chi connectivity index (χ2n) is 9.85. The first kappa shape index (κ1) is 25.3. The molecule has 1 atom stereocenters. The fourth-order valence-corrected chi connectivity index (χ4v) is 6.03. The fourth-order valence-electron chi connectivity index (χ4n) is 5.00. The first-order valence-corrected chi connectivity index (χ1v) is 13.8. The van der Waals surface area contributed by atoms with E-state index in [1.807, 2.05) is 24.3 Å². The highest BCUT2D eigenvalue weighted by Gasteiger charge is 2.33. The van der Waals surface area contributed by atoms with Crippen LogP contribution in [-0.4, -0.2) is 30.2 Å². The van der Waals surface area contributed by atoms with Gasteiger partial charge in [0.05, 0.1) is 28.5 Å². The predicted octanol–water partition coefficient (Wildman–Crippen LogP) is 4.51. The fraction of sp³-hybridized carbons (Fsp3) is 0.414. The van der Waals surface area contributed by atoms with Crippen LogP contribution in [0.4, 0.5) is 5.88 Å². The quantitative estimate of drug-likeness (QED) is 0.448. The summed E-state index contributed by atoms with van der Waals surface area (Å²) >= 11 is 1.31. The number of thiazole rings is 1. The number of nitrogens with zero attached hydrogens (tertiary/aromatic N) is 3. The van der Waals surface area contributed by atoms with Crippen LogP contribution in [0.1, 0.15) is 75.8 Å². The van der Waals surface area contributed by atoms with E-state index in [2.05, 4.69) is 35.9 Å². The molecule has 4 heterocycles. The molecule has 0 radical (unpaired) electrons. The lowest BCUT2D eigenvalue weighted by molar-refractivity contribution is -0.139. The molecule has 0 spiro atoms. The summed E-state index contributed by atoms with van der Waals surface area (Å²) in [5.74, 6) is 1.39. The van der Waals surface area contributed by atoms with Gasteiger partial charge < -0.3 is 14.1 Å². The number of benzene rings is 1. The van der Waals surface area contributed by atoms with Crippen LogP contribution in [0.2, 0.25) is 0 Å². The molecule has 8 heteroatoms. The minimum Gasteiger partial charge on any atom is -0.463 e. The van der Waals surface area contributed by atoms with Crippen molar-refractivity contribution in [2.75, 3.05) is 24.6 Å². The van der Waals surface area contributed by atoms with Crippen molar-refractivity contribution in [2.24, 2.45) is 4.99 Å². The molecular formula is C29H33N3O4S. The van der Waals surface area contributed by atoms with Gasteiger partial charge in [0.1, 0.15) is 5.76 Å². The molecule has 2 aliphatic heterocycles. The van der Waals surface area contributed by atoms with Gasteiger partial charge in [0, 0.05) is 25.2 Å². The molecule has 2 aliphatic rings. The molecule has 0 bridgehead atoms. The number of furan rings is 1. The standard InChI is InChI=1S/C29H33N3O4S/c1-5-35-28(34)25-19(4)30-29-32(26(25)21-11-9-20(10-12-21)18(2)3)27(33)23(37-29)17-22-13-14-24(36-22)31-15-7-6-8-16-31/h9-14,17-18,26H,5-8,15-16H2,1-4H3/b23-17-/t26-/m0/s1. The van der Waals surface area contributed by atoms with Gasteiger partial charge in [-0.1, -0.05) is 49.4 Å². The molecule has 0 saturated carbocycles. The normalized spacial score (nSPS) is 18.2. The van der Waals surface area contributed by atoms with Crippen LogP contribution in [0.15, 0.2) is 61.9 Å². The van der Waals surface area contributed by atoms with E-state index in [0.29, 0.717) is 32.3 Å². The number of piperidine rings is 1. The second-order valence-corrected chi connectivity index (χ2v) is 10.9. The Labute approximate surface area is 220 Å². The third-order valence-electron chi connectivity index (χ3n) is 6.99. The number of fused-ring (bicyclic) bond motifs is 1. The Kier molecular flexibility index (Phi) is 7.20. The number of hydrogen-bond donors (Lipinski definition) is 0. The van der Waals surface area contributed by atoms with Gasteiger partial charge in [-0.15, -0.1) is 0 Å². The summed E-state index contributed by atoms with van der Waals surface area (Å²) in [5.41, 5.74) is 2.79. The molecular weight excluding hydrogens is 486 g/mol. The maximum atomic E-state index is 13.8. The molecule has 0 amide bonds. The van der Waals surface area contributed by atoms with Crippen molar-refractivity contribution in [3.8, 4) is 0 Å². The Hall–Kier alpha value is -3.39. The van der Waals surface area contributed by atoms with Crippen molar-refractivity contribution < 1.29 is 13.9 Å². The Morgan fingerprint density at radius 2 is 1.89 bits per heavy atom. The SMILES string of the molecule is CCOC(=O)C1=C(C)N=c2s/c(=C\c3ccc(N4CCCCC4)o3)c(=O)n2[C@H]1c1ccc(C(C)C)cc1. The van der Waals surface area contributed by atoms with Crippen LogP contribution < -0.4 is 19.8 Å². The zero-order chi connectivity index (χ0) is 26.1. The number of carbonyl (C=O) groups is 1. The number of hydrogen-bond acceptors (Lipinski definition) is 7. The lowest BCUT2D eigenvalue weighted by Gasteiger charge is -2.25. The van der Waals surface area contributed by atoms with Gasteiger partial charge in [0.2, 0.25) is 0 Å². The predicted molar refractivity (Wildman–Crippen MR) is 146 cm³/mol. The first-order chi connectivity index (χ1) is 17.9. The molecule has 194 valence electrons. The molecule has 5 rings (SSSR count). The van der Waals surface area contributed by atoms with Crippen molar-refractivity contribution in [3.63, 3.8) is 0 Å². The summed E-state index contributed by atoms with van der Waals surface area (Å²) in [6.45, 7) is 10.1. The zero-order valence-electron chi connectivity index (χ0n) is 21.8. The summed E-state index contributed by atoms with van der Waals surface area (Å²) in [7, 11) is 0. The van der Waals surface area contributed by atoms with Crippen molar-refractivity contribution in [1.29, 1.82) is 0 Å². The van der Waals surface area contributed by atoms with E-state index in [-0.39, 0.29) is 12.2 Å². The number of allylic oxidation sites excluding steroid dienone is 1. The maximum Gasteiger partial charge on any atom is 0.338 e. The number of anilines is 1. The van der Waals surface area contributed by atoms with Crippen molar-refractivity contribution in [1.82, 2.24) is 4.57 Å². The molecule has 1 fully saturated rings. The van der Waals surface area contributed by atoms with Crippen LogP contribution in [0.3, 0.4) is 0 Å². The van der Waals surface area contributed by atoms with Crippen molar-refractivity contribution >= 4 is 29.3 Å². The molecule has 1 aromatic carbocycles. The second kappa shape index (κ2) is 10.5. The molecule has 2 aromatic heterocycles. The van der Waals surface area contributed by atoms with Crippen LogP contribution >= 0.6 is 11.3 Å². The number of rotatable bonds is 6. The zero-order valence-corrected chi connectivity index (χ0v) is 22.6. The van der Waals surface area contributed by atoms with E-state index in [0.717, 1.165) is 37.4 Å². The van der Waals surface area contributed by atoms with E-state index >= 15 is 0 Å². The third-order valence-corrected chi connectivity index (χ3v) is 7.97. The molecule has 1 saturated heterocycles. The molecule has 0 unspecified atom stereocenters. The number of esters is 1. The Morgan fingerprint density at radius 3 is 2.57 bits per heavy atom. The first-order valence-electron chi connectivity index (χ1n) is 13.0. The molecule has 0 aliphatic carbocycles. The van der Waals surface area contributed by atoms with Gasteiger partial charge >= 0.3 is 5.97 Å². The average Bonchev–Trinajstić information content (AvgIpc) is 3.48. The van der Waals surface area contributed by atoms with E-state index < -0.39 is 12.0 Å². The van der Waals surface area contributed by atoms with Gasteiger partial charge in [-0.3, -0.25) is 9.36 Å². The van der Waals surface area contributed by atoms with Gasteiger partial charge in [-0.05, 0) is 56.2 Å². The van der Waals surface area contributed by atoms with Crippen LogP contribution in [0.5, 0.6) is 0 Å². The summed E-state index contributed by atoms with van der Waals surface area (Å²) < 4.78 is 13.6. The topological polar surface area (TPSA) is 77.0 Å². The van der Waals surface area contributed by atoms with Crippen LogP contribution in [0, 0.1) is 0 Å². The monoisotopic (exact) mass is 519 g/mol. The smallest absolute Gasteiger partial charge is 0.338 e. The van der Waals surface area contributed by atoms with E-state index in [1.54, 1.807) is 24.5 Å². The third kappa shape index (κ3) is 4.94. The van der Waals surface area contributed by atoms with E-state index in [4.69, 9.17) is 9.15 Å². The average molecular weight is 520 g/mol.